The minimum atomic E-state index is -0.212. The summed E-state index contributed by atoms with van der Waals surface area (Å²) < 4.78 is 13.5. The number of H-pyrrole nitrogens is 1. The smallest absolute Gasteiger partial charge is 0.123 e. The molecule has 2 aliphatic rings. The van der Waals surface area contributed by atoms with Gasteiger partial charge in [0, 0.05) is 28.2 Å². The normalized spacial score (nSPS) is 22.5. The molecule has 0 saturated heterocycles. The monoisotopic (exact) mass is 356 g/mol. The molecule has 0 unspecified atom stereocenters. The van der Waals surface area contributed by atoms with Crippen LogP contribution in [0.15, 0.2) is 66.9 Å². The van der Waals surface area contributed by atoms with Crippen LogP contribution in [0.5, 0.6) is 0 Å². The lowest BCUT2D eigenvalue weighted by Crippen LogP contribution is -2.30. The second-order valence-corrected chi connectivity index (χ2v) is 7.27. The van der Waals surface area contributed by atoms with Crippen LogP contribution in [0.2, 0.25) is 0 Å². The van der Waals surface area contributed by atoms with Crippen molar-refractivity contribution in [1.82, 2.24) is 10.2 Å². The summed E-state index contributed by atoms with van der Waals surface area (Å²) in [6.45, 7) is 0. The molecule has 132 valence electrons. The molecule has 2 aliphatic heterocycles. The molecule has 3 heterocycles. The van der Waals surface area contributed by atoms with Crippen LogP contribution in [0.4, 0.5) is 15.8 Å². The lowest BCUT2D eigenvalue weighted by atomic mass is 9.77. The molecule has 4 aromatic rings. The first-order valence-electron chi connectivity index (χ1n) is 9.13. The number of nitrogens with zero attached hydrogens (tertiary/aromatic N) is 1. The van der Waals surface area contributed by atoms with Crippen LogP contribution in [-0.2, 0) is 0 Å². The molecule has 0 fully saturated rings. The van der Waals surface area contributed by atoms with Crippen molar-refractivity contribution in [1.29, 1.82) is 0 Å². The Morgan fingerprint density at radius 3 is 2.52 bits per heavy atom. The van der Waals surface area contributed by atoms with E-state index in [0.717, 1.165) is 27.8 Å². The number of rotatable bonds is 1. The molecule has 3 atom stereocenters. The third kappa shape index (κ3) is 2.05. The number of nitrogens with one attached hydrogen (secondary N) is 3. The Hall–Kier alpha value is -3.34. The molecule has 6 rings (SSSR count). The van der Waals surface area contributed by atoms with Crippen molar-refractivity contribution in [2.24, 2.45) is 0 Å². The maximum Gasteiger partial charge on any atom is 0.123 e. The van der Waals surface area contributed by atoms with Crippen molar-refractivity contribution in [3.05, 3.63) is 89.4 Å². The number of para-hydroxylation sites is 1. The number of aromatic nitrogens is 2. The van der Waals surface area contributed by atoms with E-state index < -0.39 is 0 Å². The SMILES string of the molecule is Fc1ccc([C@@H]2Nc3ccc4cn[nH]c4c3[C@H]3Nc4ccccc4[C@H]32)cc1. The molecule has 3 N–H and O–H groups in total. The lowest BCUT2D eigenvalue weighted by molar-refractivity contribution is 0.521. The van der Waals surface area contributed by atoms with E-state index >= 15 is 0 Å². The van der Waals surface area contributed by atoms with Crippen LogP contribution in [0, 0.1) is 5.82 Å². The van der Waals surface area contributed by atoms with Gasteiger partial charge in [-0.05, 0) is 41.5 Å². The zero-order valence-electron chi connectivity index (χ0n) is 14.4. The van der Waals surface area contributed by atoms with E-state index in [1.54, 1.807) is 0 Å². The molecule has 0 saturated carbocycles. The average Bonchev–Trinajstić information content (AvgIpc) is 3.32. The highest BCUT2D eigenvalue weighted by Gasteiger charge is 2.44. The fourth-order valence-corrected chi connectivity index (χ4v) is 4.68. The number of halogens is 1. The van der Waals surface area contributed by atoms with Crippen molar-refractivity contribution in [3.8, 4) is 0 Å². The van der Waals surface area contributed by atoms with Crippen LogP contribution in [0.1, 0.15) is 34.7 Å². The second kappa shape index (κ2) is 5.33. The summed E-state index contributed by atoms with van der Waals surface area (Å²) in [6, 6.07) is 19.7. The van der Waals surface area contributed by atoms with E-state index in [-0.39, 0.29) is 23.8 Å². The summed E-state index contributed by atoms with van der Waals surface area (Å²) in [5, 5.41) is 16.0. The molecule has 1 aromatic heterocycles. The van der Waals surface area contributed by atoms with Crippen LogP contribution in [0.25, 0.3) is 10.9 Å². The topological polar surface area (TPSA) is 52.7 Å². The van der Waals surface area contributed by atoms with Gasteiger partial charge in [0.05, 0.1) is 23.8 Å². The number of anilines is 2. The van der Waals surface area contributed by atoms with E-state index in [0.29, 0.717) is 0 Å². The summed E-state index contributed by atoms with van der Waals surface area (Å²) >= 11 is 0. The Morgan fingerprint density at radius 1 is 0.815 bits per heavy atom. The second-order valence-electron chi connectivity index (χ2n) is 7.27. The van der Waals surface area contributed by atoms with Crippen LogP contribution in [0.3, 0.4) is 0 Å². The van der Waals surface area contributed by atoms with Crippen molar-refractivity contribution in [3.63, 3.8) is 0 Å². The van der Waals surface area contributed by atoms with Crippen LogP contribution < -0.4 is 10.6 Å². The Balaban J connectivity index is 1.59. The standard InChI is InChI=1S/C22H17FN4/c23-14-8-5-12(6-9-14)20-18-15-3-1-2-4-16(15)25-22(18)19-17(26-20)10-7-13-11-24-27-21(13)19/h1-11,18,20,22,25-26H,(H,24,27)/t18-,20-,22-/m0/s1. The van der Waals surface area contributed by atoms with Gasteiger partial charge in [0.25, 0.3) is 0 Å². The Morgan fingerprint density at radius 2 is 1.63 bits per heavy atom. The van der Waals surface area contributed by atoms with Gasteiger partial charge in [0.2, 0.25) is 0 Å². The highest BCUT2D eigenvalue weighted by atomic mass is 19.1. The third-order valence-corrected chi connectivity index (χ3v) is 5.86. The van der Waals surface area contributed by atoms with Gasteiger partial charge in [-0.2, -0.15) is 5.10 Å². The predicted molar refractivity (Wildman–Crippen MR) is 104 cm³/mol. The maximum atomic E-state index is 13.5. The first kappa shape index (κ1) is 14.8. The largest absolute Gasteiger partial charge is 0.377 e. The zero-order valence-corrected chi connectivity index (χ0v) is 14.4. The molecule has 27 heavy (non-hydrogen) atoms. The number of fused-ring (bicyclic) bond motifs is 7. The molecule has 0 radical (unpaired) electrons. The van der Waals surface area contributed by atoms with Gasteiger partial charge in [-0.15, -0.1) is 0 Å². The van der Waals surface area contributed by atoms with Gasteiger partial charge in [0.15, 0.2) is 0 Å². The minimum Gasteiger partial charge on any atom is -0.377 e. The van der Waals surface area contributed by atoms with E-state index in [2.05, 4.69) is 57.2 Å². The molecule has 0 aliphatic carbocycles. The fraction of sp³-hybridized carbons (Fsp3) is 0.136. The maximum absolute atomic E-state index is 13.5. The highest BCUT2D eigenvalue weighted by Crippen LogP contribution is 2.56. The van der Waals surface area contributed by atoms with Crippen molar-refractivity contribution in [2.45, 2.75) is 18.0 Å². The van der Waals surface area contributed by atoms with Crippen LogP contribution in [-0.4, -0.2) is 10.2 Å². The summed E-state index contributed by atoms with van der Waals surface area (Å²) in [6.07, 6.45) is 1.86. The number of aromatic amines is 1. The summed E-state index contributed by atoms with van der Waals surface area (Å²) in [5.41, 5.74) is 6.89. The molecule has 5 heteroatoms. The quantitative estimate of drug-likeness (QED) is 0.444. The molecule has 0 bridgehead atoms. The number of benzene rings is 3. The minimum absolute atomic E-state index is 0.0552. The molecule has 4 nitrogen and oxygen atoms in total. The van der Waals surface area contributed by atoms with Gasteiger partial charge in [0.1, 0.15) is 5.82 Å². The Labute approximate surface area is 155 Å². The third-order valence-electron chi connectivity index (χ3n) is 5.86. The Bertz CT molecular complexity index is 1160. The molecular weight excluding hydrogens is 339 g/mol. The van der Waals surface area contributed by atoms with E-state index in [9.17, 15) is 4.39 Å². The predicted octanol–water partition coefficient (Wildman–Crippen LogP) is 5.12. The average molecular weight is 356 g/mol. The van der Waals surface area contributed by atoms with E-state index in [1.807, 2.05) is 18.3 Å². The van der Waals surface area contributed by atoms with Gasteiger partial charge in [-0.3, -0.25) is 5.10 Å². The van der Waals surface area contributed by atoms with Crippen LogP contribution >= 0.6 is 0 Å². The summed E-state index contributed by atoms with van der Waals surface area (Å²) in [5.74, 6) is -0.0105. The zero-order chi connectivity index (χ0) is 18.0. The number of hydrogen-bond acceptors (Lipinski definition) is 3. The van der Waals surface area contributed by atoms with E-state index in [1.165, 1.54) is 23.3 Å². The van der Waals surface area contributed by atoms with Gasteiger partial charge in [-0.1, -0.05) is 30.3 Å². The molecule has 3 aromatic carbocycles. The lowest BCUT2D eigenvalue weighted by Gasteiger charge is -2.37. The van der Waals surface area contributed by atoms with Gasteiger partial charge >= 0.3 is 0 Å². The van der Waals surface area contributed by atoms with Crippen molar-refractivity contribution in [2.75, 3.05) is 10.6 Å². The van der Waals surface area contributed by atoms with Gasteiger partial charge in [-0.25, -0.2) is 4.39 Å². The molecular formula is C22H17FN4. The molecule has 0 amide bonds. The highest BCUT2D eigenvalue weighted by molar-refractivity contribution is 5.89. The van der Waals surface area contributed by atoms with Crippen molar-refractivity contribution >= 4 is 22.3 Å². The van der Waals surface area contributed by atoms with E-state index in [4.69, 9.17) is 0 Å². The first-order valence-corrected chi connectivity index (χ1v) is 9.13. The summed E-state index contributed by atoms with van der Waals surface area (Å²) in [4.78, 5) is 0. The number of hydrogen-bond donors (Lipinski definition) is 3. The summed E-state index contributed by atoms with van der Waals surface area (Å²) in [7, 11) is 0. The van der Waals surface area contributed by atoms with Gasteiger partial charge < -0.3 is 10.6 Å². The molecule has 0 spiro atoms. The fourth-order valence-electron chi connectivity index (χ4n) is 4.68. The van der Waals surface area contributed by atoms with Crippen molar-refractivity contribution < 1.29 is 4.39 Å². The Kier molecular flexibility index (Phi) is 2.92. The first-order chi connectivity index (χ1) is 13.3.